The van der Waals surface area contributed by atoms with Gasteiger partial charge in [0, 0.05) is 58.2 Å². The van der Waals surface area contributed by atoms with Gasteiger partial charge in [-0.05, 0) is 28.8 Å². The number of piperazine rings is 1. The molecule has 1 aromatic heterocycles. The second-order valence-corrected chi connectivity index (χ2v) is 8.42. The monoisotopic (exact) mass is 426 g/mol. The van der Waals surface area contributed by atoms with Gasteiger partial charge in [-0.1, -0.05) is 48.5 Å². The van der Waals surface area contributed by atoms with Crippen molar-refractivity contribution in [2.75, 3.05) is 26.2 Å². The van der Waals surface area contributed by atoms with Crippen LogP contribution in [0.3, 0.4) is 0 Å². The molecular weight excluding hydrogens is 400 g/mol. The van der Waals surface area contributed by atoms with Crippen LogP contribution in [0.1, 0.15) is 37.4 Å². The van der Waals surface area contributed by atoms with Gasteiger partial charge in [0.05, 0.1) is 11.1 Å². The molecule has 0 N–H and O–H groups in total. The lowest BCUT2D eigenvalue weighted by atomic mass is 10.0. The van der Waals surface area contributed by atoms with Gasteiger partial charge >= 0.3 is 0 Å². The molecule has 0 radical (unpaired) electrons. The molecule has 1 saturated heterocycles. The van der Waals surface area contributed by atoms with E-state index in [0.29, 0.717) is 37.3 Å². The molecule has 32 heavy (non-hydrogen) atoms. The van der Waals surface area contributed by atoms with Crippen molar-refractivity contribution in [2.45, 2.75) is 19.6 Å². The van der Waals surface area contributed by atoms with Gasteiger partial charge in [-0.3, -0.25) is 19.5 Å². The molecule has 3 aromatic rings. The number of benzene rings is 2. The van der Waals surface area contributed by atoms with Crippen molar-refractivity contribution < 1.29 is 9.59 Å². The van der Waals surface area contributed by atoms with E-state index in [1.54, 1.807) is 23.4 Å². The Hall–Kier alpha value is -3.51. The number of amides is 2. The van der Waals surface area contributed by atoms with Crippen LogP contribution in [0.15, 0.2) is 73.1 Å². The van der Waals surface area contributed by atoms with Crippen LogP contribution in [0.5, 0.6) is 0 Å². The minimum Gasteiger partial charge on any atom is -0.336 e. The van der Waals surface area contributed by atoms with Gasteiger partial charge in [0.15, 0.2) is 0 Å². The summed E-state index contributed by atoms with van der Waals surface area (Å²) in [5.41, 5.74) is 4.28. The topological polar surface area (TPSA) is 56.8 Å². The van der Waals surface area contributed by atoms with Crippen molar-refractivity contribution in [3.8, 4) is 0 Å². The maximum atomic E-state index is 13.4. The number of carbonyl (C=O) groups excluding carboxylic acids is 2. The largest absolute Gasteiger partial charge is 0.336 e. The molecule has 0 aliphatic carbocycles. The highest BCUT2D eigenvalue weighted by atomic mass is 16.2. The molecule has 2 aromatic carbocycles. The number of carbonyl (C=O) groups is 2. The zero-order valence-corrected chi connectivity index (χ0v) is 18.0. The van der Waals surface area contributed by atoms with Crippen molar-refractivity contribution in [1.29, 1.82) is 0 Å². The highest BCUT2D eigenvalue weighted by molar-refractivity contribution is 6.09. The van der Waals surface area contributed by atoms with Crippen LogP contribution in [-0.4, -0.2) is 57.7 Å². The molecule has 162 valence electrons. The summed E-state index contributed by atoms with van der Waals surface area (Å²) in [6.07, 6.45) is 3.50. The first-order valence-corrected chi connectivity index (χ1v) is 11.0. The van der Waals surface area contributed by atoms with Gasteiger partial charge in [0.1, 0.15) is 0 Å². The number of hydrogen-bond donors (Lipinski definition) is 0. The van der Waals surface area contributed by atoms with Crippen LogP contribution in [0.2, 0.25) is 0 Å². The maximum absolute atomic E-state index is 13.4. The first-order valence-electron chi connectivity index (χ1n) is 11.0. The number of pyridine rings is 1. The summed E-state index contributed by atoms with van der Waals surface area (Å²) in [4.78, 5) is 36.7. The zero-order valence-electron chi connectivity index (χ0n) is 18.0. The van der Waals surface area contributed by atoms with E-state index in [9.17, 15) is 9.59 Å². The molecular formula is C26H26N4O2. The standard InChI is InChI=1S/C26H26N4O2/c31-25(29-14-12-28(13-15-29)17-20-6-2-1-3-7-20)23-10-4-9-22-19-30(26(32)24(22)23)18-21-8-5-11-27-16-21/h1-11,16H,12-15,17-19H2. The molecule has 0 saturated carbocycles. The molecule has 0 bridgehead atoms. The van der Waals surface area contributed by atoms with Crippen LogP contribution in [0.25, 0.3) is 0 Å². The highest BCUT2D eigenvalue weighted by Gasteiger charge is 2.33. The zero-order chi connectivity index (χ0) is 21.9. The second kappa shape index (κ2) is 8.93. The van der Waals surface area contributed by atoms with Gasteiger partial charge < -0.3 is 9.80 Å². The number of aromatic nitrogens is 1. The molecule has 3 heterocycles. The summed E-state index contributed by atoms with van der Waals surface area (Å²) >= 11 is 0. The van der Waals surface area contributed by atoms with E-state index in [2.05, 4.69) is 34.1 Å². The van der Waals surface area contributed by atoms with E-state index in [1.807, 2.05) is 35.2 Å². The van der Waals surface area contributed by atoms with Crippen molar-refractivity contribution in [3.05, 3.63) is 101 Å². The fourth-order valence-corrected chi connectivity index (χ4v) is 4.56. The van der Waals surface area contributed by atoms with Gasteiger partial charge in [-0.15, -0.1) is 0 Å². The summed E-state index contributed by atoms with van der Waals surface area (Å²) < 4.78 is 0. The number of rotatable bonds is 5. The first kappa shape index (κ1) is 20.4. The predicted octanol–water partition coefficient (Wildman–Crippen LogP) is 3.20. The molecule has 2 aliphatic rings. The van der Waals surface area contributed by atoms with Crippen molar-refractivity contribution >= 4 is 11.8 Å². The van der Waals surface area contributed by atoms with Gasteiger partial charge in [-0.25, -0.2) is 0 Å². The summed E-state index contributed by atoms with van der Waals surface area (Å²) in [5, 5.41) is 0. The maximum Gasteiger partial charge on any atom is 0.255 e. The van der Waals surface area contributed by atoms with E-state index in [4.69, 9.17) is 0 Å². The third-order valence-electron chi connectivity index (χ3n) is 6.25. The Labute approximate surface area is 188 Å². The number of fused-ring (bicyclic) bond motifs is 1. The quantitative estimate of drug-likeness (QED) is 0.629. The Kier molecular flexibility index (Phi) is 5.69. The molecule has 5 rings (SSSR count). The molecule has 1 fully saturated rings. The van der Waals surface area contributed by atoms with Gasteiger partial charge in [0.25, 0.3) is 11.8 Å². The van der Waals surface area contributed by atoms with E-state index >= 15 is 0 Å². The fourth-order valence-electron chi connectivity index (χ4n) is 4.56. The predicted molar refractivity (Wildman–Crippen MR) is 122 cm³/mol. The number of nitrogens with zero attached hydrogens (tertiary/aromatic N) is 4. The summed E-state index contributed by atoms with van der Waals surface area (Å²) in [6, 6.07) is 19.9. The van der Waals surface area contributed by atoms with Crippen molar-refractivity contribution in [2.24, 2.45) is 0 Å². The molecule has 2 aliphatic heterocycles. The average Bonchev–Trinajstić information content (AvgIpc) is 3.16. The van der Waals surface area contributed by atoms with Crippen molar-refractivity contribution in [3.63, 3.8) is 0 Å². The van der Waals surface area contributed by atoms with E-state index in [1.165, 1.54) is 5.56 Å². The van der Waals surface area contributed by atoms with E-state index in [-0.39, 0.29) is 11.8 Å². The highest BCUT2D eigenvalue weighted by Crippen LogP contribution is 2.28. The Balaban J connectivity index is 1.26. The van der Waals surface area contributed by atoms with Crippen molar-refractivity contribution in [1.82, 2.24) is 19.7 Å². The summed E-state index contributed by atoms with van der Waals surface area (Å²) in [5.74, 6) is -0.117. The molecule has 2 amide bonds. The third-order valence-corrected chi connectivity index (χ3v) is 6.25. The molecule has 0 unspecified atom stereocenters. The molecule has 0 atom stereocenters. The van der Waals surface area contributed by atoms with Gasteiger partial charge in [-0.2, -0.15) is 0 Å². The van der Waals surface area contributed by atoms with Gasteiger partial charge in [0.2, 0.25) is 0 Å². The third kappa shape index (κ3) is 4.14. The normalized spacial score (nSPS) is 16.3. The van der Waals surface area contributed by atoms with E-state index in [0.717, 1.165) is 30.8 Å². The van der Waals surface area contributed by atoms with Crippen LogP contribution in [0.4, 0.5) is 0 Å². The Morgan fingerprint density at radius 1 is 0.844 bits per heavy atom. The van der Waals surface area contributed by atoms with Crippen LogP contribution < -0.4 is 0 Å². The number of hydrogen-bond acceptors (Lipinski definition) is 4. The first-order chi connectivity index (χ1) is 15.7. The van der Waals surface area contributed by atoms with E-state index < -0.39 is 0 Å². The minimum absolute atomic E-state index is 0.0437. The molecule has 6 nitrogen and oxygen atoms in total. The molecule has 0 spiro atoms. The lowest BCUT2D eigenvalue weighted by Crippen LogP contribution is -2.48. The SMILES string of the molecule is O=C(c1cccc2c1C(=O)N(Cc1cccnc1)C2)N1CCN(Cc2ccccc2)CC1. The fraction of sp³-hybridized carbons (Fsp3) is 0.269. The Bertz CT molecular complexity index is 1110. The minimum atomic E-state index is -0.0736. The average molecular weight is 427 g/mol. The lowest BCUT2D eigenvalue weighted by Gasteiger charge is -2.35. The Morgan fingerprint density at radius 3 is 2.38 bits per heavy atom. The van der Waals surface area contributed by atoms with Crippen LogP contribution >= 0.6 is 0 Å². The van der Waals surface area contributed by atoms with Crippen LogP contribution in [0, 0.1) is 0 Å². The lowest BCUT2D eigenvalue weighted by molar-refractivity contribution is 0.0620. The molecule has 6 heteroatoms. The second-order valence-electron chi connectivity index (χ2n) is 8.42. The summed E-state index contributed by atoms with van der Waals surface area (Å²) in [6.45, 7) is 4.91. The smallest absolute Gasteiger partial charge is 0.255 e. The van der Waals surface area contributed by atoms with Crippen LogP contribution in [-0.2, 0) is 19.6 Å². The Morgan fingerprint density at radius 2 is 1.62 bits per heavy atom. The summed E-state index contributed by atoms with van der Waals surface area (Å²) in [7, 11) is 0.